The largest absolute Gasteiger partial charge is 0.490 e. The van der Waals surface area contributed by atoms with E-state index >= 15 is 0 Å². The van der Waals surface area contributed by atoms with E-state index < -0.39 is 22.2 Å². The fourth-order valence-corrected chi connectivity index (χ4v) is 9.00. The van der Waals surface area contributed by atoms with Gasteiger partial charge in [-0.15, -0.1) is 13.2 Å². The van der Waals surface area contributed by atoms with Gasteiger partial charge in [0.2, 0.25) is 0 Å². The molecule has 46 heavy (non-hydrogen) atoms. The monoisotopic (exact) mass is 669 g/mol. The van der Waals surface area contributed by atoms with Crippen molar-refractivity contribution in [2.45, 2.75) is 62.6 Å². The van der Waals surface area contributed by atoms with E-state index in [0.29, 0.717) is 37.1 Å². The van der Waals surface area contributed by atoms with E-state index in [0.717, 1.165) is 50.6 Å². The van der Waals surface area contributed by atoms with Crippen molar-refractivity contribution in [3.63, 3.8) is 0 Å². The summed E-state index contributed by atoms with van der Waals surface area (Å²) in [4.78, 5) is 15.8. The molecule has 1 amide bonds. The highest BCUT2D eigenvalue weighted by Crippen LogP contribution is 2.46. The maximum atomic E-state index is 13.6. The Morgan fingerprint density at radius 2 is 2.04 bits per heavy atom. The van der Waals surface area contributed by atoms with Crippen molar-refractivity contribution in [3.8, 4) is 5.75 Å². The number of benzene rings is 2. The second-order valence-electron chi connectivity index (χ2n) is 13.2. The Morgan fingerprint density at radius 1 is 1.20 bits per heavy atom. The molecule has 2 heterocycles. The summed E-state index contributed by atoms with van der Waals surface area (Å²) in [6.45, 7) is 10.1. The highest BCUT2D eigenvalue weighted by atomic mass is 35.5. The molecule has 4 aliphatic rings. The number of rotatable bonds is 11. The number of hydrogen-bond acceptors (Lipinski definition) is 7. The molecule has 2 fully saturated rings. The lowest BCUT2D eigenvalue weighted by molar-refractivity contribution is 0.0460. The van der Waals surface area contributed by atoms with E-state index in [9.17, 15) is 18.3 Å². The van der Waals surface area contributed by atoms with Crippen molar-refractivity contribution < 1.29 is 27.8 Å². The van der Waals surface area contributed by atoms with E-state index in [2.05, 4.69) is 34.9 Å². The number of carbonyl (C=O) groups is 1. The lowest BCUT2D eigenvalue weighted by Gasteiger charge is -2.45. The van der Waals surface area contributed by atoms with Crippen LogP contribution in [0.4, 0.5) is 5.69 Å². The molecule has 2 aliphatic carbocycles. The molecule has 0 radical (unpaired) electrons. The lowest BCUT2D eigenvalue weighted by atomic mass is 9.68. The zero-order valence-electron chi connectivity index (χ0n) is 26.2. The number of aryl methyl sites for hydroxylation is 1. The Morgan fingerprint density at radius 3 is 2.76 bits per heavy atom. The lowest BCUT2D eigenvalue weighted by Crippen LogP contribution is -2.49. The van der Waals surface area contributed by atoms with Crippen molar-refractivity contribution >= 4 is 33.4 Å². The van der Waals surface area contributed by atoms with Crippen LogP contribution in [0.15, 0.2) is 61.7 Å². The van der Waals surface area contributed by atoms with Gasteiger partial charge >= 0.3 is 10.2 Å². The van der Waals surface area contributed by atoms with Crippen LogP contribution in [0.25, 0.3) is 0 Å². The first kappa shape index (κ1) is 33.0. The second-order valence-corrected chi connectivity index (χ2v) is 15.3. The third kappa shape index (κ3) is 6.73. The minimum Gasteiger partial charge on any atom is -0.490 e. The number of amides is 1. The molecular formula is C35H44ClN3O6S. The number of nitrogens with zero attached hydrogens (tertiary/aromatic N) is 2. The van der Waals surface area contributed by atoms with Crippen LogP contribution in [0.3, 0.4) is 0 Å². The first-order valence-electron chi connectivity index (χ1n) is 16.3. The summed E-state index contributed by atoms with van der Waals surface area (Å²) < 4.78 is 42.4. The van der Waals surface area contributed by atoms with Gasteiger partial charge in [0.15, 0.2) is 0 Å². The van der Waals surface area contributed by atoms with Gasteiger partial charge in [0.05, 0.1) is 24.5 Å². The van der Waals surface area contributed by atoms with Crippen LogP contribution in [0.2, 0.25) is 5.02 Å². The van der Waals surface area contributed by atoms with Crippen molar-refractivity contribution in [1.82, 2.24) is 9.03 Å². The zero-order chi connectivity index (χ0) is 32.5. The van der Waals surface area contributed by atoms with Gasteiger partial charge in [-0.05, 0) is 98.2 Å². The number of aliphatic hydroxyl groups is 1. The molecule has 0 aromatic heterocycles. The predicted molar refractivity (Wildman–Crippen MR) is 180 cm³/mol. The number of hydrogen-bond donors (Lipinski definition) is 2. The third-order valence-electron chi connectivity index (χ3n) is 10.2. The molecule has 9 nitrogen and oxygen atoms in total. The summed E-state index contributed by atoms with van der Waals surface area (Å²) in [7, 11) is -4.16. The minimum atomic E-state index is -4.16. The average molecular weight is 670 g/mol. The quantitative estimate of drug-likeness (QED) is 0.323. The summed E-state index contributed by atoms with van der Waals surface area (Å²) in [5.74, 6) is 0.260. The Labute approximate surface area is 277 Å². The maximum absolute atomic E-state index is 13.6. The summed E-state index contributed by atoms with van der Waals surface area (Å²) >= 11 is 6.40. The topological polar surface area (TPSA) is 108 Å². The zero-order valence-corrected chi connectivity index (χ0v) is 27.8. The molecule has 11 heteroatoms. The molecule has 2 N–H and O–H groups in total. The number of anilines is 1. The van der Waals surface area contributed by atoms with Gasteiger partial charge in [-0.2, -0.15) is 12.7 Å². The van der Waals surface area contributed by atoms with E-state index in [4.69, 9.17) is 21.1 Å². The summed E-state index contributed by atoms with van der Waals surface area (Å²) in [5.41, 5.74) is 3.12. The molecular weight excluding hydrogens is 626 g/mol. The summed E-state index contributed by atoms with van der Waals surface area (Å²) in [5, 5.41) is 11.3. The van der Waals surface area contributed by atoms with Crippen LogP contribution in [0.1, 0.15) is 60.0 Å². The van der Waals surface area contributed by atoms with Gasteiger partial charge < -0.3 is 19.5 Å². The third-order valence-corrected chi connectivity index (χ3v) is 11.9. The second kappa shape index (κ2) is 13.7. The maximum Gasteiger partial charge on any atom is 0.304 e. The minimum absolute atomic E-state index is 0.0577. The number of halogens is 1. The molecule has 1 saturated carbocycles. The van der Waals surface area contributed by atoms with Gasteiger partial charge in [-0.25, -0.2) is 4.72 Å². The smallest absolute Gasteiger partial charge is 0.304 e. The Balaban J connectivity index is 1.30. The van der Waals surface area contributed by atoms with Crippen LogP contribution < -0.4 is 14.4 Å². The van der Waals surface area contributed by atoms with Crippen LogP contribution in [-0.2, 0) is 26.8 Å². The fraction of sp³-hybridized carbons (Fsp3) is 0.514. The Kier molecular flexibility index (Phi) is 9.83. The van der Waals surface area contributed by atoms with Crippen molar-refractivity contribution in [2.24, 2.45) is 11.8 Å². The van der Waals surface area contributed by atoms with Crippen molar-refractivity contribution in [3.05, 3.63) is 83.4 Å². The van der Waals surface area contributed by atoms with Crippen LogP contribution >= 0.6 is 11.6 Å². The first-order valence-corrected chi connectivity index (χ1v) is 18.1. The molecule has 1 saturated heterocycles. The number of ether oxygens (including phenoxy) is 2. The van der Waals surface area contributed by atoms with E-state index in [-0.39, 0.29) is 42.0 Å². The molecule has 2 aromatic carbocycles. The molecule has 0 bridgehead atoms. The summed E-state index contributed by atoms with van der Waals surface area (Å²) in [6.07, 6.45) is 8.75. The molecule has 1 spiro atoms. The number of aliphatic hydroxyl groups excluding tert-OH is 1. The predicted octanol–water partition coefficient (Wildman–Crippen LogP) is 5.03. The number of fused-ring (bicyclic) bond motifs is 3. The first-order chi connectivity index (χ1) is 22.1. The normalized spacial score (nSPS) is 26.3. The van der Waals surface area contributed by atoms with Gasteiger partial charge in [-0.1, -0.05) is 29.8 Å². The summed E-state index contributed by atoms with van der Waals surface area (Å²) in [6, 6.07) is 11.2. The standard InChI is InChI=1S/C35H44ClN3O6S/c1-3-16-39(21-28-8-6-17-44-28)46(42,43)37-34(41)25-10-14-33-31(19-25)38(20-26-9-12-29(26)32(40)4-2)22-35(23-45-33)15-5-7-24-18-27(36)11-13-30(24)35/h3-4,10-11,13-14,18-19,26,28-29,32,40H,1-2,5-9,12,15-17,20-23H2,(H,37,41)/t26-,28?,29+,32-,35-/m0/s1. The SMILES string of the molecule is C=CCN(CC1CCCO1)S(=O)(=O)NC(=O)c1ccc2c(c1)N(C[C@@H]1CC[C@H]1[C@@H](O)C=C)C[C@@]1(CCCc3cc(Cl)ccc31)CO2. The Bertz CT molecular complexity index is 1580. The highest BCUT2D eigenvalue weighted by Gasteiger charge is 2.44. The molecule has 6 rings (SSSR count). The molecule has 5 atom stereocenters. The van der Waals surface area contributed by atoms with Crippen LogP contribution in [-0.4, -0.2) is 75.3 Å². The van der Waals surface area contributed by atoms with E-state index in [1.54, 1.807) is 24.3 Å². The molecule has 2 aliphatic heterocycles. The van der Waals surface area contributed by atoms with Gasteiger partial charge in [0, 0.05) is 48.8 Å². The molecule has 2 aromatic rings. The number of nitrogens with one attached hydrogen (secondary N) is 1. The van der Waals surface area contributed by atoms with Gasteiger partial charge in [0.1, 0.15) is 5.75 Å². The fourth-order valence-electron chi connectivity index (χ4n) is 7.66. The number of carbonyl (C=O) groups excluding carboxylic acids is 1. The van der Waals surface area contributed by atoms with Gasteiger partial charge in [-0.3, -0.25) is 4.79 Å². The molecule has 248 valence electrons. The molecule has 1 unspecified atom stereocenters. The van der Waals surface area contributed by atoms with Gasteiger partial charge in [0.25, 0.3) is 5.91 Å². The van der Waals surface area contributed by atoms with E-state index in [1.165, 1.54) is 21.5 Å². The van der Waals surface area contributed by atoms with E-state index in [1.807, 2.05) is 6.07 Å². The van der Waals surface area contributed by atoms with Crippen LogP contribution in [0, 0.1) is 11.8 Å². The highest BCUT2D eigenvalue weighted by molar-refractivity contribution is 7.87. The van der Waals surface area contributed by atoms with Crippen molar-refractivity contribution in [2.75, 3.05) is 44.3 Å². The average Bonchev–Trinajstić information content (AvgIpc) is 3.49. The van der Waals surface area contributed by atoms with Crippen LogP contribution in [0.5, 0.6) is 5.75 Å². The Hall–Kier alpha value is -2.89. The van der Waals surface area contributed by atoms with Crippen molar-refractivity contribution in [1.29, 1.82) is 0 Å².